The van der Waals surface area contributed by atoms with Gasteiger partial charge in [-0.2, -0.15) is 13.2 Å². The van der Waals surface area contributed by atoms with E-state index in [4.69, 9.17) is 9.15 Å². The highest BCUT2D eigenvalue weighted by Crippen LogP contribution is 2.37. The Morgan fingerprint density at radius 1 is 0.975 bits per heavy atom. The van der Waals surface area contributed by atoms with Gasteiger partial charge in [-0.1, -0.05) is 35.4 Å². The molecule has 0 saturated carbocycles. The number of carbonyl (C=O) groups is 1. The zero-order chi connectivity index (χ0) is 27.7. The lowest BCUT2D eigenvalue weighted by molar-refractivity contribution is -0.137. The zero-order valence-electron chi connectivity index (χ0n) is 21.1. The predicted molar refractivity (Wildman–Crippen MR) is 141 cm³/mol. The summed E-state index contributed by atoms with van der Waals surface area (Å²) >= 11 is 0. The minimum absolute atomic E-state index is 0.0660. The average Bonchev–Trinajstić information content (AvgIpc) is 3.38. The Morgan fingerprint density at radius 3 is 2.50 bits per heavy atom. The highest BCUT2D eigenvalue weighted by molar-refractivity contribution is 6.02. The van der Waals surface area contributed by atoms with Gasteiger partial charge in [0.15, 0.2) is 5.69 Å². The molecule has 10 nitrogen and oxygen atoms in total. The summed E-state index contributed by atoms with van der Waals surface area (Å²) < 4.78 is 51.6. The molecule has 1 fully saturated rings. The first kappa shape index (κ1) is 25.6. The molecule has 0 radical (unpaired) electrons. The number of aromatic nitrogens is 3. The van der Waals surface area contributed by atoms with E-state index in [0.717, 1.165) is 23.6 Å². The van der Waals surface area contributed by atoms with Crippen molar-refractivity contribution >= 4 is 34.7 Å². The molecule has 40 heavy (non-hydrogen) atoms. The lowest BCUT2D eigenvalue weighted by atomic mass is 10.2. The van der Waals surface area contributed by atoms with E-state index < -0.39 is 17.8 Å². The fourth-order valence-corrected chi connectivity index (χ4v) is 4.71. The molecule has 6 rings (SSSR count). The molecular formula is C27H24F3N7O3. The van der Waals surface area contributed by atoms with Crippen LogP contribution in [0.4, 0.5) is 41.9 Å². The molecule has 1 unspecified atom stereocenters. The van der Waals surface area contributed by atoms with Crippen molar-refractivity contribution in [1.29, 1.82) is 0 Å². The molecule has 2 aromatic carbocycles. The van der Waals surface area contributed by atoms with Gasteiger partial charge < -0.3 is 29.6 Å². The molecule has 0 aliphatic carbocycles. The summed E-state index contributed by atoms with van der Waals surface area (Å²) in [7, 11) is 0. The number of para-hydroxylation sites is 3. The van der Waals surface area contributed by atoms with Gasteiger partial charge in [0.25, 0.3) is 5.89 Å². The minimum atomic E-state index is -4.57. The number of amides is 1. The Morgan fingerprint density at radius 2 is 1.73 bits per heavy atom. The molecule has 0 bridgehead atoms. The largest absolute Gasteiger partial charge is 0.417 e. The van der Waals surface area contributed by atoms with Crippen molar-refractivity contribution in [2.24, 2.45) is 0 Å². The smallest absolute Gasteiger partial charge is 0.402 e. The highest BCUT2D eigenvalue weighted by atomic mass is 19.4. The van der Waals surface area contributed by atoms with Crippen molar-refractivity contribution in [3.05, 3.63) is 72.4 Å². The normalized spacial score (nSPS) is 17.7. The maximum Gasteiger partial charge on any atom is 0.417 e. The number of nitrogens with zero attached hydrogens (tertiary/aromatic N) is 5. The molecule has 0 spiro atoms. The molecule has 2 aliphatic heterocycles. The lowest BCUT2D eigenvalue weighted by Gasteiger charge is -2.30. The number of hydrogen-bond acceptors (Lipinski definition) is 9. The van der Waals surface area contributed by atoms with Gasteiger partial charge in [-0.15, -0.1) is 5.10 Å². The van der Waals surface area contributed by atoms with Crippen LogP contribution in [-0.2, 0) is 15.7 Å². The van der Waals surface area contributed by atoms with Gasteiger partial charge in [-0.05, 0) is 30.3 Å². The third kappa shape index (κ3) is 5.15. The van der Waals surface area contributed by atoms with Crippen molar-refractivity contribution in [2.45, 2.75) is 12.2 Å². The van der Waals surface area contributed by atoms with E-state index in [1.807, 2.05) is 59.5 Å². The van der Waals surface area contributed by atoms with Crippen molar-refractivity contribution in [2.75, 3.05) is 53.3 Å². The first-order chi connectivity index (χ1) is 19.4. The summed E-state index contributed by atoms with van der Waals surface area (Å²) in [4.78, 5) is 21.0. The summed E-state index contributed by atoms with van der Waals surface area (Å²) in [6.45, 7) is 1.73. The van der Waals surface area contributed by atoms with Crippen molar-refractivity contribution in [3.63, 3.8) is 0 Å². The van der Waals surface area contributed by atoms with E-state index in [0.29, 0.717) is 32.0 Å². The minimum Gasteiger partial charge on any atom is -0.402 e. The molecule has 206 valence electrons. The lowest BCUT2D eigenvalue weighted by Crippen LogP contribution is -2.40. The number of alkyl halides is 3. The summed E-state index contributed by atoms with van der Waals surface area (Å²) in [5.41, 5.74) is 1.79. The van der Waals surface area contributed by atoms with Crippen LogP contribution in [0.1, 0.15) is 5.56 Å². The molecule has 1 atom stereocenters. The van der Waals surface area contributed by atoms with Crippen LogP contribution in [0.2, 0.25) is 0 Å². The van der Waals surface area contributed by atoms with Gasteiger partial charge in [-0.25, -0.2) is 4.98 Å². The molecule has 2 aromatic heterocycles. The van der Waals surface area contributed by atoms with Crippen molar-refractivity contribution < 1.29 is 27.1 Å². The van der Waals surface area contributed by atoms with Gasteiger partial charge in [0.2, 0.25) is 5.91 Å². The van der Waals surface area contributed by atoms with Gasteiger partial charge >= 0.3 is 12.2 Å². The number of morpholine rings is 1. The number of pyridine rings is 1. The van der Waals surface area contributed by atoms with Gasteiger partial charge in [0.05, 0.1) is 42.4 Å². The third-order valence-corrected chi connectivity index (χ3v) is 6.67. The van der Waals surface area contributed by atoms with Gasteiger partial charge in [0, 0.05) is 25.0 Å². The highest BCUT2D eigenvalue weighted by Gasteiger charge is 2.34. The Bertz CT molecular complexity index is 1510. The maximum atomic E-state index is 13.5. The summed E-state index contributed by atoms with van der Waals surface area (Å²) in [5.74, 6) is -0.387. The molecule has 1 amide bonds. The SMILES string of the molecule is O=C1Nc2ccccc2N(c2ccccc2)CC1Nc1nnc(-c2ncc(C(F)(F)F)cc2N2CCOCC2)o1. The molecule has 2 aliphatic rings. The summed E-state index contributed by atoms with van der Waals surface area (Å²) in [5, 5.41) is 14.0. The predicted octanol–water partition coefficient (Wildman–Crippen LogP) is 4.56. The second kappa shape index (κ2) is 10.5. The monoisotopic (exact) mass is 551 g/mol. The van der Waals surface area contributed by atoms with Crippen LogP contribution in [0.5, 0.6) is 0 Å². The molecular weight excluding hydrogens is 527 g/mol. The average molecular weight is 552 g/mol. The summed E-state index contributed by atoms with van der Waals surface area (Å²) in [6, 6.07) is 17.2. The Hall–Kier alpha value is -4.65. The summed E-state index contributed by atoms with van der Waals surface area (Å²) in [6.07, 6.45) is -3.83. The number of halogens is 3. The van der Waals surface area contributed by atoms with Crippen LogP contribution in [0, 0.1) is 0 Å². The maximum absolute atomic E-state index is 13.5. The first-order valence-electron chi connectivity index (χ1n) is 12.6. The number of ether oxygens (including phenoxy) is 1. The number of hydrogen-bond donors (Lipinski definition) is 2. The second-order valence-electron chi connectivity index (χ2n) is 9.25. The van der Waals surface area contributed by atoms with E-state index in [9.17, 15) is 18.0 Å². The number of fused-ring (bicyclic) bond motifs is 1. The van der Waals surface area contributed by atoms with Crippen molar-refractivity contribution in [3.8, 4) is 11.6 Å². The number of anilines is 5. The fraction of sp³-hybridized carbons (Fsp3) is 0.259. The number of nitrogens with one attached hydrogen (secondary N) is 2. The topological polar surface area (TPSA) is 109 Å². The van der Waals surface area contributed by atoms with Gasteiger partial charge in [0.1, 0.15) is 6.04 Å². The Labute approximate surface area is 226 Å². The zero-order valence-corrected chi connectivity index (χ0v) is 21.1. The molecule has 4 aromatic rings. The number of rotatable bonds is 5. The van der Waals surface area contributed by atoms with Crippen molar-refractivity contribution in [1.82, 2.24) is 15.2 Å². The quantitative estimate of drug-likeness (QED) is 0.369. The first-order valence-corrected chi connectivity index (χ1v) is 12.6. The Balaban J connectivity index is 1.30. The molecule has 13 heteroatoms. The van der Waals surface area contributed by atoms with E-state index in [1.165, 1.54) is 0 Å². The van der Waals surface area contributed by atoms with Crippen LogP contribution in [0.25, 0.3) is 11.6 Å². The standard InChI is InChI=1S/C27H24F3N7O3/c28-27(29,30)17-14-22(36-10-12-39-13-11-36)23(31-15-17)25-34-35-26(40-25)33-20-16-37(18-6-2-1-3-7-18)21-9-5-4-8-19(21)32-24(20)38/h1-9,14-15,20H,10-13,16H2,(H,32,38)(H,33,35). The van der Waals surface area contributed by atoms with Gasteiger partial charge in [-0.3, -0.25) is 4.79 Å². The van der Waals surface area contributed by atoms with Crippen LogP contribution >= 0.6 is 0 Å². The number of benzene rings is 2. The van der Waals surface area contributed by atoms with Crippen LogP contribution in [0.3, 0.4) is 0 Å². The van der Waals surface area contributed by atoms with Crippen LogP contribution in [0.15, 0.2) is 71.3 Å². The number of carbonyl (C=O) groups excluding carboxylic acids is 1. The fourth-order valence-electron chi connectivity index (χ4n) is 4.71. The van der Waals surface area contributed by atoms with E-state index in [1.54, 1.807) is 4.90 Å². The van der Waals surface area contributed by atoms with Crippen LogP contribution in [-0.4, -0.2) is 60.0 Å². The Kier molecular flexibility index (Phi) is 6.72. The van der Waals surface area contributed by atoms with Crippen LogP contribution < -0.4 is 20.4 Å². The molecule has 4 heterocycles. The molecule has 2 N–H and O–H groups in total. The second-order valence-corrected chi connectivity index (χ2v) is 9.25. The van der Waals surface area contributed by atoms with E-state index in [-0.39, 0.29) is 35.7 Å². The molecule has 1 saturated heterocycles. The van der Waals surface area contributed by atoms with E-state index in [2.05, 4.69) is 25.8 Å². The third-order valence-electron chi connectivity index (χ3n) is 6.67. The van der Waals surface area contributed by atoms with E-state index >= 15 is 0 Å².